The predicted molar refractivity (Wildman–Crippen MR) is 81.6 cm³/mol. The topological polar surface area (TPSA) is 41.7 Å². The molecule has 0 unspecified atom stereocenters. The van der Waals surface area contributed by atoms with Gasteiger partial charge in [-0.2, -0.15) is 61.5 Å². The predicted octanol–water partition coefficient (Wildman–Crippen LogP) is 6.83. The van der Waals surface area contributed by atoms with Gasteiger partial charge in [0.25, 0.3) is 5.41 Å². The molecule has 0 saturated heterocycles. The third kappa shape index (κ3) is 3.06. The van der Waals surface area contributed by atoms with Gasteiger partial charge in [0.15, 0.2) is 11.5 Å². The summed E-state index contributed by atoms with van der Waals surface area (Å²) in [6.45, 7) is 6.58. The van der Waals surface area contributed by atoms with E-state index in [4.69, 9.17) is 6.57 Å². The normalized spacial score (nSPS) is 22.8. The van der Waals surface area contributed by atoms with E-state index in [0.717, 1.165) is 0 Å². The molecule has 2 rings (SSSR count). The lowest BCUT2D eigenvalue weighted by Crippen LogP contribution is -2.64. The molecule has 0 amide bonds. The van der Waals surface area contributed by atoms with Crippen LogP contribution < -0.4 is 0 Å². The summed E-state index contributed by atoms with van der Waals surface area (Å²) in [4.78, 5) is 14.4. The maximum atomic E-state index is 14.0. The Bertz CT molecular complexity index is 1060. The fourth-order valence-electron chi connectivity index (χ4n) is 3.20. The zero-order chi connectivity index (χ0) is 26.9. The first-order chi connectivity index (χ1) is 15.0. The van der Waals surface area contributed by atoms with Crippen molar-refractivity contribution in [1.29, 1.82) is 0 Å². The van der Waals surface area contributed by atoms with Gasteiger partial charge in [0.2, 0.25) is 0 Å². The number of carbonyl (C=O) groups excluding carboxylic acids is 1. The second-order valence-electron chi connectivity index (χ2n) is 6.78. The third-order valence-electron chi connectivity index (χ3n) is 4.91. The summed E-state index contributed by atoms with van der Waals surface area (Å²) in [5.41, 5.74) is -11.6. The maximum absolute atomic E-state index is 14.0. The molecule has 188 valence electrons. The molecule has 3 nitrogen and oxygen atoms in total. The highest BCUT2D eigenvalue weighted by molar-refractivity contribution is 6.02. The Morgan fingerprint density at radius 1 is 0.853 bits per heavy atom. The molecule has 17 heteroatoms. The lowest BCUT2D eigenvalue weighted by atomic mass is 9.74. The van der Waals surface area contributed by atoms with Crippen LogP contribution in [0.1, 0.15) is 11.1 Å². The molecule has 1 aromatic rings. The average Bonchev–Trinajstić information content (AvgIpc) is 2.70. The molecular formula is C17H5F14NO2. The molecule has 0 aliphatic heterocycles. The quantitative estimate of drug-likeness (QED) is 0.205. The zero-order valence-electron chi connectivity index (χ0n) is 15.4. The third-order valence-corrected chi connectivity index (χ3v) is 4.91. The number of halogens is 14. The number of rotatable bonds is 3. The van der Waals surface area contributed by atoms with Crippen molar-refractivity contribution < 1.29 is 71.4 Å². The number of aliphatic hydroxyl groups excluding tert-OH is 1. The van der Waals surface area contributed by atoms with E-state index in [1.54, 1.807) is 0 Å². The van der Waals surface area contributed by atoms with Crippen LogP contribution in [0, 0.1) is 12.0 Å². The Balaban J connectivity index is 2.84. The number of ketones is 1. The van der Waals surface area contributed by atoms with Crippen LogP contribution in [0.15, 0.2) is 24.3 Å². The molecule has 1 fully saturated rings. The van der Waals surface area contributed by atoms with Gasteiger partial charge in [-0.05, 0) is 6.07 Å². The second-order valence-corrected chi connectivity index (χ2v) is 6.78. The van der Waals surface area contributed by atoms with E-state index in [-0.39, 0.29) is 18.2 Å². The number of aliphatic hydroxyl groups is 1. The van der Waals surface area contributed by atoms with Gasteiger partial charge in [0.05, 0.1) is 12.1 Å². The van der Waals surface area contributed by atoms with Gasteiger partial charge in [0.1, 0.15) is 5.76 Å². The lowest BCUT2D eigenvalue weighted by molar-refractivity contribution is -0.341. The summed E-state index contributed by atoms with van der Waals surface area (Å²) in [5, 5.41) is 9.65. The van der Waals surface area contributed by atoms with Crippen LogP contribution in [0.2, 0.25) is 0 Å². The molecular weight excluding hydrogens is 516 g/mol. The zero-order valence-corrected chi connectivity index (χ0v) is 15.4. The monoisotopic (exact) mass is 521 g/mol. The van der Waals surface area contributed by atoms with E-state index in [0.29, 0.717) is 0 Å². The molecule has 0 aromatic heterocycles. The summed E-state index contributed by atoms with van der Waals surface area (Å²) in [6.07, 6.45) is -14.1. The Morgan fingerprint density at radius 3 is 1.65 bits per heavy atom. The average molecular weight is 521 g/mol. The maximum Gasteiger partial charge on any atom is 0.414 e. The number of hydrogen-bond donors (Lipinski definition) is 1. The summed E-state index contributed by atoms with van der Waals surface area (Å²) >= 11 is 0. The minimum Gasteiger partial charge on any atom is -0.507 e. The SMILES string of the molecule is [C-]#[N+]c1ccc(/C(O)=C/C(=O)C2(C(F)(F)F)C(F)(F)C(F)(F)C(F)(F)C2(F)F)cc1C(F)(F)F. The van der Waals surface area contributed by atoms with E-state index >= 15 is 0 Å². The molecule has 1 saturated carbocycles. The summed E-state index contributed by atoms with van der Waals surface area (Å²) in [5.74, 6) is -35.9. The van der Waals surface area contributed by atoms with E-state index in [2.05, 4.69) is 4.85 Å². The van der Waals surface area contributed by atoms with Crippen LogP contribution in [0.4, 0.5) is 67.2 Å². The van der Waals surface area contributed by atoms with Crippen LogP contribution in [-0.4, -0.2) is 40.8 Å². The number of benzene rings is 1. The first kappa shape index (κ1) is 27.2. The highest BCUT2D eigenvalue weighted by atomic mass is 19.4. The molecule has 0 heterocycles. The molecule has 0 bridgehead atoms. The van der Waals surface area contributed by atoms with Gasteiger partial charge in [0, 0.05) is 11.6 Å². The van der Waals surface area contributed by atoms with Gasteiger partial charge in [-0.15, -0.1) is 0 Å². The minimum absolute atomic E-state index is 0.221. The van der Waals surface area contributed by atoms with Crippen molar-refractivity contribution in [2.45, 2.75) is 36.0 Å². The summed E-state index contributed by atoms with van der Waals surface area (Å²) in [7, 11) is 0. The minimum atomic E-state index is -7.50. The molecule has 1 aliphatic rings. The summed E-state index contributed by atoms with van der Waals surface area (Å²) < 4.78 is 189. The van der Waals surface area contributed by atoms with Gasteiger partial charge < -0.3 is 5.11 Å². The van der Waals surface area contributed by atoms with Gasteiger partial charge in [-0.25, -0.2) is 4.85 Å². The van der Waals surface area contributed by atoms with E-state index in [9.17, 15) is 71.4 Å². The van der Waals surface area contributed by atoms with E-state index in [1.807, 2.05) is 0 Å². The lowest BCUT2D eigenvalue weighted by Gasteiger charge is -2.37. The first-order valence-corrected chi connectivity index (χ1v) is 8.09. The van der Waals surface area contributed by atoms with Crippen molar-refractivity contribution in [3.05, 3.63) is 46.8 Å². The molecule has 34 heavy (non-hydrogen) atoms. The molecule has 0 atom stereocenters. The van der Waals surface area contributed by atoms with Gasteiger partial charge in [-0.3, -0.25) is 4.79 Å². The Labute approximate surface area is 178 Å². The highest BCUT2D eigenvalue weighted by Crippen LogP contribution is 2.75. The largest absolute Gasteiger partial charge is 0.507 e. The highest BCUT2D eigenvalue weighted by Gasteiger charge is 3.06. The molecule has 0 spiro atoms. The van der Waals surface area contributed by atoms with Crippen molar-refractivity contribution in [3.8, 4) is 0 Å². The van der Waals surface area contributed by atoms with Crippen molar-refractivity contribution in [2.75, 3.05) is 0 Å². The van der Waals surface area contributed by atoms with Gasteiger partial charge in [-0.1, -0.05) is 12.1 Å². The van der Waals surface area contributed by atoms with E-state index < -0.39 is 75.9 Å². The van der Waals surface area contributed by atoms with Crippen LogP contribution in [-0.2, 0) is 11.0 Å². The molecule has 1 aromatic carbocycles. The first-order valence-electron chi connectivity index (χ1n) is 8.09. The van der Waals surface area contributed by atoms with Crippen molar-refractivity contribution in [2.24, 2.45) is 5.41 Å². The number of nitrogens with zero attached hydrogens (tertiary/aromatic N) is 1. The van der Waals surface area contributed by atoms with Crippen LogP contribution in [0.3, 0.4) is 0 Å². The Morgan fingerprint density at radius 2 is 1.29 bits per heavy atom. The second kappa shape index (κ2) is 7.22. The van der Waals surface area contributed by atoms with Gasteiger partial charge >= 0.3 is 36.0 Å². The van der Waals surface area contributed by atoms with Crippen molar-refractivity contribution >= 4 is 17.2 Å². The number of alkyl halides is 14. The fraction of sp³-hybridized carbons (Fsp3) is 0.412. The number of hydrogen-bond acceptors (Lipinski definition) is 2. The van der Waals surface area contributed by atoms with Crippen molar-refractivity contribution in [3.63, 3.8) is 0 Å². The molecule has 1 aliphatic carbocycles. The smallest absolute Gasteiger partial charge is 0.414 e. The van der Waals surface area contributed by atoms with Crippen LogP contribution in [0.5, 0.6) is 0 Å². The van der Waals surface area contributed by atoms with Crippen LogP contribution in [0.25, 0.3) is 10.6 Å². The molecule has 1 N–H and O–H groups in total. The summed E-state index contributed by atoms with van der Waals surface area (Å²) in [6, 6.07) is 0.331. The number of carbonyl (C=O) groups is 1. The standard InChI is InChI=1S/C17H5F14NO2/c1-32-8-3-2-6(4-7(8)12(18,19)20)9(33)5-10(34)11(17(29,30)31)13(21,22)15(25,26)16(27,28)14(11,23)24/h2-5,33H/b9-5-. The Hall–Kier alpha value is -3.06. The number of allylic oxidation sites excluding steroid dienone is 1. The Kier molecular flexibility index (Phi) is 5.77. The van der Waals surface area contributed by atoms with E-state index in [1.165, 1.54) is 0 Å². The molecule has 0 radical (unpaired) electrons. The van der Waals surface area contributed by atoms with Crippen LogP contribution >= 0.6 is 0 Å². The van der Waals surface area contributed by atoms with Crippen molar-refractivity contribution in [1.82, 2.24) is 0 Å². The fourth-order valence-corrected chi connectivity index (χ4v) is 3.20.